The van der Waals surface area contributed by atoms with Gasteiger partial charge in [-0.1, -0.05) is 0 Å². The molecule has 0 radical (unpaired) electrons. The maximum absolute atomic E-state index is 5.68. The fourth-order valence-electron chi connectivity index (χ4n) is 2.17. The zero-order chi connectivity index (χ0) is 15.2. The number of benzene rings is 2. The van der Waals surface area contributed by atoms with Gasteiger partial charge in [-0.25, -0.2) is 0 Å². The summed E-state index contributed by atoms with van der Waals surface area (Å²) in [4.78, 5) is 0. The number of ether oxygens (including phenoxy) is 4. The molecule has 116 valence electrons. The fraction of sp³-hybridized carbons (Fsp3) is 0.294. The molecule has 5 nitrogen and oxygen atoms in total. The molecule has 0 unspecified atom stereocenters. The van der Waals surface area contributed by atoms with E-state index in [0.29, 0.717) is 13.4 Å². The molecule has 0 atom stereocenters. The second kappa shape index (κ2) is 6.93. The Morgan fingerprint density at radius 2 is 1.77 bits per heavy atom. The summed E-state index contributed by atoms with van der Waals surface area (Å²) in [5.74, 6) is 3.27. The van der Waals surface area contributed by atoms with Crippen molar-refractivity contribution in [3.05, 3.63) is 42.5 Å². The lowest BCUT2D eigenvalue weighted by Gasteiger charge is -2.09. The van der Waals surface area contributed by atoms with Gasteiger partial charge < -0.3 is 24.3 Å². The van der Waals surface area contributed by atoms with Crippen molar-refractivity contribution < 1.29 is 18.9 Å². The number of anilines is 1. The van der Waals surface area contributed by atoms with Crippen LogP contribution < -0.4 is 24.3 Å². The van der Waals surface area contributed by atoms with Crippen LogP contribution in [0.25, 0.3) is 0 Å². The van der Waals surface area contributed by atoms with Crippen LogP contribution in [0.3, 0.4) is 0 Å². The van der Waals surface area contributed by atoms with Crippen molar-refractivity contribution in [3.63, 3.8) is 0 Å². The molecule has 2 aromatic rings. The predicted octanol–water partition coefficient (Wildman–Crippen LogP) is 3.30. The first-order valence-corrected chi connectivity index (χ1v) is 7.25. The molecule has 0 amide bonds. The first kappa shape index (κ1) is 14.4. The Morgan fingerprint density at radius 3 is 2.59 bits per heavy atom. The molecule has 0 spiro atoms. The van der Waals surface area contributed by atoms with Crippen LogP contribution in [0, 0.1) is 0 Å². The Labute approximate surface area is 129 Å². The number of rotatable bonds is 7. The zero-order valence-corrected chi connectivity index (χ0v) is 12.5. The van der Waals surface area contributed by atoms with Crippen molar-refractivity contribution in [2.24, 2.45) is 0 Å². The van der Waals surface area contributed by atoms with Crippen LogP contribution in [0.4, 0.5) is 5.69 Å². The van der Waals surface area contributed by atoms with Gasteiger partial charge in [0.1, 0.15) is 11.5 Å². The van der Waals surface area contributed by atoms with Gasteiger partial charge in [0.15, 0.2) is 11.5 Å². The fourth-order valence-corrected chi connectivity index (χ4v) is 2.17. The maximum Gasteiger partial charge on any atom is 0.231 e. The van der Waals surface area contributed by atoms with Crippen molar-refractivity contribution in [3.8, 4) is 23.0 Å². The molecule has 3 rings (SSSR count). The number of nitrogens with one attached hydrogen (secondary N) is 1. The molecule has 5 heteroatoms. The number of fused-ring (bicyclic) bond motifs is 1. The standard InChI is InChI=1S/C17H19NO4/c1-19-14-4-6-15(7-5-14)20-10-2-9-18-13-3-8-16-17(11-13)22-12-21-16/h3-8,11,18H,2,9-10,12H2,1H3. The molecule has 0 saturated carbocycles. The van der Waals surface area contributed by atoms with Crippen LogP contribution in [0.5, 0.6) is 23.0 Å². The molecule has 1 aliphatic heterocycles. The Morgan fingerprint density at radius 1 is 1.00 bits per heavy atom. The summed E-state index contributed by atoms with van der Waals surface area (Å²) >= 11 is 0. The van der Waals surface area contributed by atoms with E-state index in [0.717, 1.165) is 41.7 Å². The highest BCUT2D eigenvalue weighted by Gasteiger charge is 2.12. The summed E-state index contributed by atoms with van der Waals surface area (Å²) in [5.41, 5.74) is 1.02. The summed E-state index contributed by atoms with van der Waals surface area (Å²) in [6, 6.07) is 13.4. The Balaban J connectivity index is 1.38. The lowest BCUT2D eigenvalue weighted by molar-refractivity contribution is 0.174. The lowest BCUT2D eigenvalue weighted by Crippen LogP contribution is -2.07. The lowest BCUT2D eigenvalue weighted by atomic mass is 10.2. The molecule has 0 fully saturated rings. The van der Waals surface area contributed by atoms with Crippen LogP contribution in [0.2, 0.25) is 0 Å². The summed E-state index contributed by atoms with van der Waals surface area (Å²) in [6.45, 7) is 1.79. The number of hydrogen-bond donors (Lipinski definition) is 1. The van der Waals surface area contributed by atoms with Gasteiger partial charge in [-0.15, -0.1) is 0 Å². The van der Waals surface area contributed by atoms with E-state index in [-0.39, 0.29) is 0 Å². The molecule has 0 bridgehead atoms. The molecule has 0 aromatic heterocycles. The third-order valence-corrected chi connectivity index (χ3v) is 3.35. The van der Waals surface area contributed by atoms with Gasteiger partial charge in [0.2, 0.25) is 6.79 Å². The highest BCUT2D eigenvalue weighted by Crippen LogP contribution is 2.34. The Bertz CT molecular complexity index is 613. The molecule has 0 aliphatic carbocycles. The first-order valence-electron chi connectivity index (χ1n) is 7.25. The van der Waals surface area contributed by atoms with Crippen molar-refractivity contribution >= 4 is 5.69 Å². The van der Waals surface area contributed by atoms with Crippen molar-refractivity contribution in [2.75, 3.05) is 32.4 Å². The predicted molar refractivity (Wildman–Crippen MR) is 84.2 cm³/mol. The first-order chi connectivity index (χ1) is 10.8. The minimum atomic E-state index is 0.300. The largest absolute Gasteiger partial charge is 0.497 e. The number of methoxy groups -OCH3 is 1. The van der Waals surface area contributed by atoms with E-state index >= 15 is 0 Å². The highest BCUT2D eigenvalue weighted by molar-refractivity contribution is 5.55. The van der Waals surface area contributed by atoms with Gasteiger partial charge in [-0.05, 0) is 42.8 Å². The Hall–Kier alpha value is -2.56. The molecule has 1 aliphatic rings. The normalized spacial score (nSPS) is 12.0. The van der Waals surface area contributed by atoms with Gasteiger partial charge >= 0.3 is 0 Å². The minimum Gasteiger partial charge on any atom is -0.497 e. The van der Waals surface area contributed by atoms with E-state index < -0.39 is 0 Å². The quantitative estimate of drug-likeness (QED) is 0.795. The monoisotopic (exact) mass is 301 g/mol. The van der Waals surface area contributed by atoms with Crippen LogP contribution in [-0.2, 0) is 0 Å². The molecule has 22 heavy (non-hydrogen) atoms. The van der Waals surface area contributed by atoms with Crippen molar-refractivity contribution in [2.45, 2.75) is 6.42 Å². The third-order valence-electron chi connectivity index (χ3n) is 3.35. The minimum absolute atomic E-state index is 0.300. The van der Waals surface area contributed by atoms with Gasteiger partial charge in [0.05, 0.1) is 13.7 Å². The SMILES string of the molecule is COc1ccc(OCCCNc2ccc3c(c2)OCO3)cc1. The number of hydrogen-bond acceptors (Lipinski definition) is 5. The highest BCUT2D eigenvalue weighted by atomic mass is 16.7. The van der Waals surface area contributed by atoms with E-state index in [1.807, 2.05) is 42.5 Å². The average Bonchev–Trinajstić information content (AvgIpc) is 3.03. The van der Waals surface area contributed by atoms with Crippen molar-refractivity contribution in [1.29, 1.82) is 0 Å². The molecule has 2 aromatic carbocycles. The Kier molecular flexibility index (Phi) is 4.53. The summed E-state index contributed by atoms with van der Waals surface area (Å²) < 4.78 is 21.4. The van der Waals surface area contributed by atoms with Crippen LogP contribution in [-0.4, -0.2) is 27.1 Å². The topological polar surface area (TPSA) is 49.0 Å². The summed E-state index contributed by atoms with van der Waals surface area (Å²) in [5, 5.41) is 3.34. The van der Waals surface area contributed by atoms with E-state index in [4.69, 9.17) is 18.9 Å². The summed E-state index contributed by atoms with van der Waals surface area (Å²) in [6.07, 6.45) is 0.903. The summed E-state index contributed by atoms with van der Waals surface area (Å²) in [7, 11) is 1.65. The van der Waals surface area contributed by atoms with E-state index in [9.17, 15) is 0 Å². The molecule has 0 saturated heterocycles. The van der Waals surface area contributed by atoms with Gasteiger partial charge in [-0.2, -0.15) is 0 Å². The maximum atomic E-state index is 5.68. The van der Waals surface area contributed by atoms with E-state index in [1.54, 1.807) is 7.11 Å². The molecular formula is C17H19NO4. The van der Waals surface area contributed by atoms with E-state index in [2.05, 4.69) is 5.32 Å². The molecule has 1 heterocycles. The van der Waals surface area contributed by atoms with Crippen LogP contribution in [0.1, 0.15) is 6.42 Å². The van der Waals surface area contributed by atoms with Gasteiger partial charge in [-0.3, -0.25) is 0 Å². The van der Waals surface area contributed by atoms with Crippen LogP contribution in [0.15, 0.2) is 42.5 Å². The second-order valence-corrected chi connectivity index (χ2v) is 4.87. The zero-order valence-electron chi connectivity index (χ0n) is 12.5. The van der Waals surface area contributed by atoms with Crippen LogP contribution >= 0.6 is 0 Å². The molecular weight excluding hydrogens is 282 g/mol. The third kappa shape index (κ3) is 3.55. The van der Waals surface area contributed by atoms with Gasteiger partial charge in [0, 0.05) is 18.3 Å². The average molecular weight is 301 g/mol. The second-order valence-electron chi connectivity index (χ2n) is 4.87. The van der Waals surface area contributed by atoms with E-state index in [1.165, 1.54) is 0 Å². The van der Waals surface area contributed by atoms with Gasteiger partial charge in [0.25, 0.3) is 0 Å². The van der Waals surface area contributed by atoms with Crippen molar-refractivity contribution in [1.82, 2.24) is 0 Å². The smallest absolute Gasteiger partial charge is 0.231 e. The molecule has 1 N–H and O–H groups in total.